The molecule has 0 radical (unpaired) electrons. The first-order valence-corrected chi connectivity index (χ1v) is 11.8. The fourth-order valence-electron chi connectivity index (χ4n) is 8.15. The van der Waals surface area contributed by atoms with Crippen LogP contribution in [0.4, 0.5) is 0 Å². The summed E-state index contributed by atoms with van der Waals surface area (Å²) in [4.78, 5) is 0. The molecule has 0 aromatic heterocycles. The van der Waals surface area contributed by atoms with E-state index in [1.54, 1.807) is 0 Å². The first-order chi connectivity index (χ1) is 13.9. The summed E-state index contributed by atoms with van der Waals surface area (Å²) >= 11 is 0. The fraction of sp³-hybridized carbons (Fsp3) is 0.704. The van der Waals surface area contributed by atoms with Crippen LogP contribution in [0.5, 0.6) is 0 Å². The van der Waals surface area contributed by atoms with Crippen LogP contribution in [0, 0.1) is 46.3 Å². The SMILES string of the molecule is C[C@]12CC[C@H](O)C[C@@H]1CC[C@H]1[C@H]3CC[C@@](O)(C#Cc4ccccc4)[C@]3(C)CC[C@@H]12. The fourth-order valence-corrected chi connectivity index (χ4v) is 8.15. The molecule has 0 saturated heterocycles. The van der Waals surface area contributed by atoms with Crippen LogP contribution in [-0.2, 0) is 0 Å². The van der Waals surface area contributed by atoms with Crippen LogP contribution in [0.2, 0.25) is 0 Å². The monoisotopic (exact) mass is 392 g/mol. The standard InChI is InChI=1S/C27H36O2/c1-25-14-11-21(28)18-20(25)8-9-22-23(25)12-15-26(2)24(22)13-17-27(26,29)16-10-19-6-4-3-5-7-19/h3-7,20-24,28-29H,8-9,11-15,17-18H2,1-2H3/t20-,21-,22+,23-,24+,25-,26+,27-/m0/s1. The lowest BCUT2D eigenvalue weighted by atomic mass is 9.44. The van der Waals surface area contributed by atoms with E-state index < -0.39 is 5.60 Å². The molecule has 5 rings (SSSR count). The molecule has 2 nitrogen and oxygen atoms in total. The van der Waals surface area contributed by atoms with Gasteiger partial charge in [-0.1, -0.05) is 43.9 Å². The van der Waals surface area contributed by atoms with E-state index in [1.807, 2.05) is 30.3 Å². The number of hydrogen-bond acceptors (Lipinski definition) is 2. The van der Waals surface area contributed by atoms with E-state index in [9.17, 15) is 10.2 Å². The average molecular weight is 393 g/mol. The predicted octanol–water partition coefficient (Wildman–Crippen LogP) is 5.17. The summed E-state index contributed by atoms with van der Waals surface area (Å²) in [6.45, 7) is 4.86. The van der Waals surface area contributed by atoms with Crippen molar-refractivity contribution in [3.05, 3.63) is 35.9 Å². The first-order valence-electron chi connectivity index (χ1n) is 11.8. The van der Waals surface area contributed by atoms with E-state index in [2.05, 4.69) is 25.7 Å². The quantitative estimate of drug-likeness (QED) is 0.598. The normalized spacial score (nSPS) is 48.6. The highest BCUT2D eigenvalue weighted by Crippen LogP contribution is 2.68. The Balaban J connectivity index is 1.42. The van der Waals surface area contributed by atoms with Gasteiger partial charge < -0.3 is 10.2 Å². The number of rotatable bonds is 0. The number of aliphatic hydroxyl groups is 2. The van der Waals surface area contributed by atoms with Crippen molar-refractivity contribution in [3.63, 3.8) is 0 Å². The topological polar surface area (TPSA) is 40.5 Å². The molecule has 4 saturated carbocycles. The van der Waals surface area contributed by atoms with Gasteiger partial charge in [0.25, 0.3) is 0 Å². The van der Waals surface area contributed by atoms with Gasteiger partial charge in [0.1, 0.15) is 5.60 Å². The molecule has 0 bridgehead atoms. The van der Waals surface area contributed by atoms with E-state index in [0.29, 0.717) is 17.3 Å². The maximum Gasteiger partial charge on any atom is 0.131 e. The molecule has 156 valence electrons. The number of benzene rings is 1. The molecule has 0 heterocycles. The Hall–Kier alpha value is -1.30. The van der Waals surface area contributed by atoms with E-state index in [0.717, 1.165) is 49.5 Å². The summed E-state index contributed by atoms with van der Waals surface area (Å²) in [6, 6.07) is 10.1. The summed E-state index contributed by atoms with van der Waals surface area (Å²) in [5.41, 5.74) is 0.433. The average Bonchev–Trinajstić information content (AvgIpc) is 2.99. The van der Waals surface area contributed by atoms with Gasteiger partial charge in [-0.05, 0) is 99.0 Å². The zero-order valence-corrected chi connectivity index (χ0v) is 18.0. The predicted molar refractivity (Wildman–Crippen MR) is 116 cm³/mol. The van der Waals surface area contributed by atoms with Crippen molar-refractivity contribution < 1.29 is 10.2 Å². The van der Waals surface area contributed by atoms with Crippen molar-refractivity contribution in [3.8, 4) is 11.8 Å². The minimum absolute atomic E-state index is 0.0803. The minimum atomic E-state index is -0.862. The van der Waals surface area contributed by atoms with Gasteiger partial charge in [0.15, 0.2) is 0 Å². The third-order valence-corrected chi connectivity index (χ3v) is 9.98. The molecule has 0 unspecified atom stereocenters. The Morgan fingerprint density at radius 1 is 0.897 bits per heavy atom. The highest BCUT2D eigenvalue weighted by Gasteiger charge is 2.64. The van der Waals surface area contributed by atoms with Gasteiger partial charge in [0, 0.05) is 11.0 Å². The summed E-state index contributed by atoms with van der Waals surface area (Å²) in [6.07, 6.45) is 9.86. The van der Waals surface area contributed by atoms with Gasteiger partial charge in [-0.15, -0.1) is 0 Å². The van der Waals surface area contributed by atoms with Gasteiger partial charge in [0.2, 0.25) is 0 Å². The van der Waals surface area contributed by atoms with Crippen molar-refractivity contribution in [1.82, 2.24) is 0 Å². The molecule has 0 spiro atoms. The molecule has 1 aromatic carbocycles. The summed E-state index contributed by atoms with van der Waals surface area (Å²) in [5.74, 6) is 9.40. The number of hydrogen-bond donors (Lipinski definition) is 2. The van der Waals surface area contributed by atoms with Crippen LogP contribution in [0.25, 0.3) is 0 Å². The Morgan fingerprint density at radius 2 is 1.66 bits per heavy atom. The van der Waals surface area contributed by atoms with E-state index in [4.69, 9.17) is 0 Å². The molecule has 0 aliphatic heterocycles. The summed E-state index contributed by atoms with van der Waals surface area (Å²) in [7, 11) is 0. The van der Waals surface area contributed by atoms with Crippen LogP contribution in [0.1, 0.15) is 77.2 Å². The van der Waals surface area contributed by atoms with Crippen molar-refractivity contribution in [2.24, 2.45) is 34.5 Å². The Labute approximate surface area is 176 Å². The molecule has 4 aliphatic rings. The third-order valence-electron chi connectivity index (χ3n) is 9.98. The van der Waals surface area contributed by atoms with E-state index in [1.165, 1.54) is 25.7 Å². The Bertz CT molecular complexity index is 822. The van der Waals surface area contributed by atoms with Crippen molar-refractivity contribution in [1.29, 1.82) is 0 Å². The van der Waals surface area contributed by atoms with Crippen LogP contribution in [0.3, 0.4) is 0 Å². The minimum Gasteiger partial charge on any atom is -0.393 e. The smallest absolute Gasteiger partial charge is 0.131 e. The van der Waals surface area contributed by atoms with E-state index >= 15 is 0 Å². The Kier molecular flexibility index (Phi) is 4.65. The van der Waals surface area contributed by atoms with Gasteiger partial charge >= 0.3 is 0 Å². The van der Waals surface area contributed by atoms with Gasteiger partial charge in [-0.3, -0.25) is 0 Å². The molecular weight excluding hydrogens is 356 g/mol. The first kappa shape index (κ1) is 19.7. The Morgan fingerprint density at radius 3 is 2.45 bits per heavy atom. The molecular formula is C27H36O2. The number of fused-ring (bicyclic) bond motifs is 5. The summed E-state index contributed by atoms with van der Waals surface area (Å²) < 4.78 is 0. The molecule has 0 amide bonds. The second-order valence-electron chi connectivity index (χ2n) is 11.1. The van der Waals surface area contributed by atoms with Gasteiger partial charge in [0.05, 0.1) is 6.10 Å². The van der Waals surface area contributed by atoms with Gasteiger partial charge in [-0.25, -0.2) is 0 Å². The van der Waals surface area contributed by atoms with Crippen LogP contribution in [-0.4, -0.2) is 21.9 Å². The van der Waals surface area contributed by atoms with Crippen molar-refractivity contribution >= 4 is 0 Å². The zero-order valence-electron chi connectivity index (χ0n) is 18.0. The second-order valence-corrected chi connectivity index (χ2v) is 11.1. The molecule has 29 heavy (non-hydrogen) atoms. The molecule has 2 N–H and O–H groups in total. The van der Waals surface area contributed by atoms with Crippen LogP contribution in [0.15, 0.2) is 30.3 Å². The third kappa shape index (κ3) is 2.92. The lowest BCUT2D eigenvalue weighted by molar-refractivity contribution is -0.144. The van der Waals surface area contributed by atoms with Crippen molar-refractivity contribution in [2.75, 3.05) is 0 Å². The van der Waals surface area contributed by atoms with Crippen LogP contribution >= 0.6 is 0 Å². The molecule has 8 atom stereocenters. The molecule has 4 fully saturated rings. The molecule has 2 heteroatoms. The molecule has 1 aromatic rings. The van der Waals surface area contributed by atoms with Crippen LogP contribution < -0.4 is 0 Å². The summed E-state index contributed by atoms with van der Waals surface area (Å²) in [5, 5.41) is 21.9. The lowest BCUT2D eigenvalue weighted by Gasteiger charge is -2.61. The lowest BCUT2D eigenvalue weighted by Crippen LogP contribution is -2.56. The zero-order chi connectivity index (χ0) is 20.3. The van der Waals surface area contributed by atoms with Crippen molar-refractivity contribution in [2.45, 2.75) is 83.3 Å². The van der Waals surface area contributed by atoms with E-state index in [-0.39, 0.29) is 11.5 Å². The number of aliphatic hydroxyl groups excluding tert-OH is 1. The largest absolute Gasteiger partial charge is 0.393 e. The second kappa shape index (κ2) is 6.86. The maximum absolute atomic E-state index is 11.7. The highest BCUT2D eigenvalue weighted by molar-refractivity contribution is 5.38. The maximum atomic E-state index is 11.7. The highest BCUT2D eigenvalue weighted by atomic mass is 16.3. The van der Waals surface area contributed by atoms with Gasteiger partial charge in [-0.2, -0.15) is 0 Å². The molecule has 4 aliphatic carbocycles.